The lowest BCUT2D eigenvalue weighted by Gasteiger charge is -2.12. The van der Waals surface area contributed by atoms with E-state index in [1.807, 2.05) is 30.3 Å². The minimum absolute atomic E-state index is 0.483. The first kappa shape index (κ1) is 12.9. The van der Waals surface area contributed by atoms with Crippen LogP contribution < -0.4 is 0 Å². The van der Waals surface area contributed by atoms with Gasteiger partial charge in [0, 0.05) is 7.11 Å². The molecule has 0 aliphatic rings. The van der Waals surface area contributed by atoms with E-state index in [1.54, 1.807) is 11.7 Å². The van der Waals surface area contributed by atoms with E-state index < -0.39 is 6.10 Å². The van der Waals surface area contributed by atoms with Gasteiger partial charge in [-0.15, -0.1) is 0 Å². The number of benzene rings is 1. The van der Waals surface area contributed by atoms with Gasteiger partial charge < -0.3 is 9.84 Å². The van der Waals surface area contributed by atoms with Gasteiger partial charge in [-0.25, -0.2) is 0 Å². The number of methoxy groups -OCH3 is 1. The quantitative estimate of drug-likeness (QED) is 0.807. The molecule has 1 aromatic heterocycles. The van der Waals surface area contributed by atoms with E-state index in [0.717, 1.165) is 5.56 Å². The number of H-pyrrole nitrogens is 1. The molecule has 1 unspecified atom stereocenters. The second-order valence-electron chi connectivity index (χ2n) is 3.84. The number of hydrogen-bond acceptors (Lipinski definition) is 4. The van der Waals surface area contributed by atoms with Crippen LogP contribution in [0.4, 0.5) is 0 Å². The maximum absolute atomic E-state index is 10.3. The Kier molecular flexibility index (Phi) is 4.24. The summed E-state index contributed by atoms with van der Waals surface area (Å²) in [6.45, 7) is 1.08. The fourth-order valence-electron chi connectivity index (χ4n) is 1.72. The summed E-state index contributed by atoms with van der Waals surface area (Å²) in [6.07, 6.45) is -0.795. The zero-order chi connectivity index (χ0) is 13.0. The van der Waals surface area contributed by atoms with Crippen molar-refractivity contribution in [1.82, 2.24) is 14.8 Å². The highest BCUT2D eigenvalue weighted by Gasteiger charge is 2.17. The number of aromatic amines is 1. The van der Waals surface area contributed by atoms with Gasteiger partial charge in [-0.1, -0.05) is 30.3 Å². The molecule has 1 aromatic carbocycles. The molecule has 1 heterocycles. The van der Waals surface area contributed by atoms with Gasteiger partial charge >= 0.3 is 0 Å². The molecule has 0 amide bonds. The van der Waals surface area contributed by atoms with E-state index in [4.69, 9.17) is 17.0 Å². The summed E-state index contributed by atoms with van der Waals surface area (Å²) < 4.78 is 7.25. The van der Waals surface area contributed by atoms with E-state index in [2.05, 4.69) is 10.2 Å². The van der Waals surface area contributed by atoms with Crippen molar-refractivity contribution in [1.29, 1.82) is 0 Å². The highest BCUT2D eigenvalue weighted by atomic mass is 32.1. The molecule has 18 heavy (non-hydrogen) atoms. The molecule has 1 atom stereocenters. The van der Waals surface area contributed by atoms with Crippen molar-refractivity contribution in [3.63, 3.8) is 0 Å². The van der Waals surface area contributed by atoms with Gasteiger partial charge in [-0.3, -0.25) is 9.67 Å². The van der Waals surface area contributed by atoms with E-state index >= 15 is 0 Å². The maximum Gasteiger partial charge on any atom is 0.195 e. The number of hydrogen-bond donors (Lipinski definition) is 2. The standard InChI is InChI=1S/C12H15N3O2S/c1-17-8-7-15-11(13-14-12(15)18)10(16)9-5-3-2-4-6-9/h2-6,10,16H,7-8H2,1H3,(H,14,18). The summed E-state index contributed by atoms with van der Waals surface area (Å²) in [5, 5.41) is 17.1. The minimum Gasteiger partial charge on any atom is -0.383 e. The first-order chi connectivity index (χ1) is 8.74. The molecule has 0 aliphatic carbocycles. The van der Waals surface area contributed by atoms with Crippen molar-refractivity contribution >= 4 is 12.2 Å². The number of rotatable bonds is 5. The lowest BCUT2D eigenvalue weighted by molar-refractivity contribution is 0.174. The molecule has 96 valence electrons. The summed E-state index contributed by atoms with van der Waals surface area (Å²) in [7, 11) is 1.62. The lowest BCUT2D eigenvalue weighted by Crippen LogP contribution is -2.13. The Labute approximate surface area is 110 Å². The summed E-state index contributed by atoms with van der Waals surface area (Å²) in [6, 6.07) is 9.35. The first-order valence-corrected chi connectivity index (χ1v) is 6.02. The molecule has 0 saturated carbocycles. The van der Waals surface area contributed by atoms with Gasteiger partial charge in [-0.05, 0) is 17.8 Å². The zero-order valence-electron chi connectivity index (χ0n) is 10.0. The first-order valence-electron chi connectivity index (χ1n) is 5.61. The van der Waals surface area contributed by atoms with Crippen molar-refractivity contribution in [2.24, 2.45) is 0 Å². The summed E-state index contributed by atoms with van der Waals surface area (Å²) in [5.74, 6) is 0.503. The summed E-state index contributed by atoms with van der Waals surface area (Å²) >= 11 is 5.13. The average Bonchev–Trinajstić information content (AvgIpc) is 2.78. The molecular formula is C12H15N3O2S. The highest BCUT2D eigenvalue weighted by Crippen LogP contribution is 2.19. The van der Waals surface area contributed by atoms with Gasteiger partial charge in [0.1, 0.15) is 6.10 Å². The fourth-order valence-corrected chi connectivity index (χ4v) is 1.95. The monoisotopic (exact) mass is 265 g/mol. The van der Waals surface area contributed by atoms with E-state index in [1.165, 1.54) is 0 Å². The second-order valence-corrected chi connectivity index (χ2v) is 4.23. The minimum atomic E-state index is -0.795. The normalized spacial score (nSPS) is 12.6. The summed E-state index contributed by atoms with van der Waals surface area (Å²) in [4.78, 5) is 0. The van der Waals surface area contributed by atoms with Crippen molar-refractivity contribution in [2.75, 3.05) is 13.7 Å². The van der Waals surface area contributed by atoms with Crippen molar-refractivity contribution in [3.05, 3.63) is 46.5 Å². The van der Waals surface area contributed by atoms with Crippen molar-refractivity contribution in [3.8, 4) is 0 Å². The maximum atomic E-state index is 10.3. The largest absolute Gasteiger partial charge is 0.383 e. The summed E-state index contributed by atoms with van der Waals surface area (Å²) in [5.41, 5.74) is 0.783. The smallest absolute Gasteiger partial charge is 0.195 e. The molecule has 2 aromatic rings. The number of nitrogens with zero attached hydrogens (tertiary/aromatic N) is 2. The molecule has 2 N–H and O–H groups in total. The Morgan fingerprint density at radius 1 is 1.44 bits per heavy atom. The van der Waals surface area contributed by atoms with Crippen molar-refractivity contribution < 1.29 is 9.84 Å². The van der Waals surface area contributed by atoms with Crippen LogP contribution in [0.1, 0.15) is 17.5 Å². The third-order valence-electron chi connectivity index (χ3n) is 2.67. The molecule has 0 bridgehead atoms. The topological polar surface area (TPSA) is 63.1 Å². The second kappa shape index (κ2) is 5.90. The van der Waals surface area contributed by atoms with Crippen LogP contribution >= 0.6 is 12.2 Å². The van der Waals surface area contributed by atoms with Crippen LogP contribution in [-0.2, 0) is 11.3 Å². The average molecular weight is 265 g/mol. The van der Waals surface area contributed by atoms with Crippen LogP contribution in [0, 0.1) is 4.77 Å². The molecule has 0 saturated heterocycles. The molecular weight excluding hydrogens is 250 g/mol. The number of ether oxygens (including phenoxy) is 1. The molecule has 0 spiro atoms. The molecule has 0 aliphatic heterocycles. The van der Waals surface area contributed by atoms with E-state index in [9.17, 15) is 5.11 Å². The number of aliphatic hydroxyl groups excluding tert-OH is 1. The molecule has 0 fully saturated rings. The predicted molar refractivity (Wildman–Crippen MR) is 69.8 cm³/mol. The van der Waals surface area contributed by atoms with E-state index in [0.29, 0.717) is 23.7 Å². The van der Waals surface area contributed by atoms with Gasteiger partial charge in [-0.2, -0.15) is 5.10 Å². The van der Waals surface area contributed by atoms with Gasteiger partial charge in [0.05, 0.1) is 13.2 Å². The predicted octanol–water partition coefficient (Wildman–Crippen LogP) is 1.67. The Morgan fingerprint density at radius 3 is 2.83 bits per heavy atom. The Hall–Kier alpha value is -1.50. The van der Waals surface area contributed by atoms with Crippen LogP contribution in [0.2, 0.25) is 0 Å². The lowest BCUT2D eigenvalue weighted by atomic mass is 10.1. The highest BCUT2D eigenvalue weighted by molar-refractivity contribution is 7.71. The molecule has 0 radical (unpaired) electrons. The third kappa shape index (κ3) is 2.66. The number of aromatic nitrogens is 3. The number of aliphatic hydroxyl groups is 1. The van der Waals surface area contributed by atoms with Crippen molar-refractivity contribution in [2.45, 2.75) is 12.6 Å². The van der Waals surface area contributed by atoms with Crippen LogP contribution in [0.25, 0.3) is 0 Å². The zero-order valence-corrected chi connectivity index (χ0v) is 10.9. The van der Waals surface area contributed by atoms with Crippen LogP contribution in [-0.4, -0.2) is 33.6 Å². The third-order valence-corrected chi connectivity index (χ3v) is 2.98. The Balaban J connectivity index is 2.31. The SMILES string of the molecule is COCCn1c(C(O)c2ccccc2)n[nH]c1=S. The van der Waals surface area contributed by atoms with Crippen LogP contribution in [0.3, 0.4) is 0 Å². The Bertz CT molecular complexity index is 550. The van der Waals surface area contributed by atoms with Crippen LogP contribution in [0.15, 0.2) is 30.3 Å². The molecule has 2 rings (SSSR count). The van der Waals surface area contributed by atoms with Gasteiger partial charge in [0.15, 0.2) is 10.6 Å². The fraction of sp³-hybridized carbons (Fsp3) is 0.333. The molecule has 6 heteroatoms. The van der Waals surface area contributed by atoms with Gasteiger partial charge in [0.25, 0.3) is 0 Å². The van der Waals surface area contributed by atoms with Gasteiger partial charge in [0.2, 0.25) is 0 Å². The van der Waals surface area contributed by atoms with E-state index in [-0.39, 0.29) is 0 Å². The van der Waals surface area contributed by atoms with Crippen LogP contribution in [0.5, 0.6) is 0 Å². The Morgan fingerprint density at radius 2 is 2.17 bits per heavy atom. The molecule has 5 nitrogen and oxygen atoms in total. The number of nitrogens with one attached hydrogen (secondary N) is 1.